The Morgan fingerprint density at radius 2 is 1.94 bits per heavy atom. The molecule has 0 amide bonds. The summed E-state index contributed by atoms with van der Waals surface area (Å²) >= 11 is 0. The molecule has 1 saturated heterocycles. The molecule has 0 unspecified atom stereocenters. The lowest BCUT2D eigenvalue weighted by atomic mass is 10.1. The average Bonchev–Trinajstić information content (AvgIpc) is 2.98. The van der Waals surface area contributed by atoms with Gasteiger partial charge in [0.15, 0.2) is 6.29 Å². The van der Waals surface area contributed by atoms with E-state index in [2.05, 4.69) is 18.2 Å². The van der Waals surface area contributed by atoms with Crippen molar-refractivity contribution in [3.63, 3.8) is 0 Å². The van der Waals surface area contributed by atoms with Crippen molar-refractivity contribution in [3.8, 4) is 5.75 Å². The van der Waals surface area contributed by atoms with Crippen LogP contribution in [-0.2, 0) is 22.3 Å². The Bertz CT molecular complexity index is 383. The Kier molecular flexibility index (Phi) is 3.29. The van der Waals surface area contributed by atoms with Crippen molar-refractivity contribution >= 4 is 0 Å². The molecule has 1 aromatic rings. The van der Waals surface area contributed by atoms with E-state index >= 15 is 0 Å². The molecule has 1 aliphatic carbocycles. The molecule has 92 valence electrons. The van der Waals surface area contributed by atoms with Crippen LogP contribution in [0, 0.1) is 0 Å². The van der Waals surface area contributed by atoms with Gasteiger partial charge in [-0.25, -0.2) is 0 Å². The maximum Gasteiger partial charge on any atom is 0.161 e. The van der Waals surface area contributed by atoms with Crippen LogP contribution < -0.4 is 4.74 Å². The molecule has 0 aromatic heterocycles. The van der Waals surface area contributed by atoms with Crippen LogP contribution in [0.15, 0.2) is 18.2 Å². The summed E-state index contributed by atoms with van der Waals surface area (Å²) < 4.78 is 16.5. The van der Waals surface area contributed by atoms with Gasteiger partial charge in [-0.3, -0.25) is 0 Å². The SMILES string of the molecule is c1cc2c(cc1OCCC1OCCO1)CCC2. The highest BCUT2D eigenvalue weighted by molar-refractivity contribution is 5.38. The highest BCUT2D eigenvalue weighted by Crippen LogP contribution is 2.26. The smallest absolute Gasteiger partial charge is 0.161 e. The summed E-state index contributed by atoms with van der Waals surface area (Å²) in [7, 11) is 0. The molecule has 0 radical (unpaired) electrons. The van der Waals surface area contributed by atoms with Crippen LogP contribution in [0.1, 0.15) is 24.0 Å². The van der Waals surface area contributed by atoms with E-state index in [1.165, 1.54) is 30.4 Å². The Hall–Kier alpha value is -1.06. The zero-order valence-electron chi connectivity index (χ0n) is 9.98. The molecule has 0 saturated carbocycles. The first-order valence-electron chi connectivity index (χ1n) is 6.39. The van der Waals surface area contributed by atoms with E-state index in [9.17, 15) is 0 Å². The average molecular weight is 234 g/mol. The lowest BCUT2D eigenvalue weighted by molar-refractivity contribution is -0.0531. The van der Waals surface area contributed by atoms with Crippen molar-refractivity contribution in [1.29, 1.82) is 0 Å². The van der Waals surface area contributed by atoms with E-state index in [4.69, 9.17) is 14.2 Å². The molecule has 0 bridgehead atoms. The molecule has 1 fully saturated rings. The Balaban J connectivity index is 1.51. The molecule has 0 atom stereocenters. The second-order valence-electron chi connectivity index (χ2n) is 4.59. The largest absolute Gasteiger partial charge is 0.493 e. The van der Waals surface area contributed by atoms with Crippen LogP contribution in [0.5, 0.6) is 5.75 Å². The maximum absolute atomic E-state index is 5.73. The van der Waals surface area contributed by atoms with E-state index in [1.54, 1.807) is 0 Å². The van der Waals surface area contributed by atoms with Gasteiger partial charge in [0.1, 0.15) is 5.75 Å². The van der Waals surface area contributed by atoms with E-state index in [0.717, 1.165) is 12.2 Å². The van der Waals surface area contributed by atoms with Crippen LogP contribution in [0.3, 0.4) is 0 Å². The Morgan fingerprint density at radius 3 is 2.82 bits per heavy atom. The predicted molar refractivity (Wildman–Crippen MR) is 64.3 cm³/mol. The van der Waals surface area contributed by atoms with Gasteiger partial charge in [0.25, 0.3) is 0 Å². The molecule has 17 heavy (non-hydrogen) atoms. The highest BCUT2D eigenvalue weighted by Gasteiger charge is 2.16. The molecular formula is C14H18O3. The third kappa shape index (κ3) is 2.61. The predicted octanol–water partition coefficient (Wildman–Crippen LogP) is 2.32. The fourth-order valence-corrected chi connectivity index (χ4v) is 2.48. The van der Waals surface area contributed by atoms with Crippen molar-refractivity contribution in [3.05, 3.63) is 29.3 Å². The Labute approximate surface area is 102 Å². The summed E-state index contributed by atoms with van der Waals surface area (Å²) in [6.45, 7) is 2.08. The lowest BCUT2D eigenvalue weighted by Crippen LogP contribution is -2.12. The van der Waals surface area contributed by atoms with Crippen molar-refractivity contribution in [2.75, 3.05) is 19.8 Å². The molecule has 0 spiro atoms. The number of benzene rings is 1. The van der Waals surface area contributed by atoms with Gasteiger partial charge in [0, 0.05) is 6.42 Å². The minimum atomic E-state index is -0.0653. The van der Waals surface area contributed by atoms with Crippen LogP contribution in [-0.4, -0.2) is 26.1 Å². The molecule has 3 heteroatoms. The van der Waals surface area contributed by atoms with Crippen molar-refractivity contribution < 1.29 is 14.2 Å². The van der Waals surface area contributed by atoms with E-state index in [-0.39, 0.29) is 6.29 Å². The second kappa shape index (κ2) is 5.07. The topological polar surface area (TPSA) is 27.7 Å². The van der Waals surface area contributed by atoms with Gasteiger partial charge in [-0.05, 0) is 42.5 Å². The first-order chi connectivity index (χ1) is 8.42. The van der Waals surface area contributed by atoms with Crippen LogP contribution in [0.2, 0.25) is 0 Å². The second-order valence-corrected chi connectivity index (χ2v) is 4.59. The normalized spacial score (nSPS) is 19.5. The van der Waals surface area contributed by atoms with Crippen LogP contribution in [0.4, 0.5) is 0 Å². The lowest BCUT2D eigenvalue weighted by Gasteiger charge is -2.11. The molecule has 1 aromatic carbocycles. The number of rotatable bonds is 4. The zero-order chi connectivity index (χ0) is 11.5. The summed E-state index contributed by atoms with van der Waals surface area (Å²) in [5, 5.41) is 0. The monoisotopic (exact) mass is 234 g/mol. The van der Waals surface area contributed by atoms with Gasteiger partial charge in [0.05, 0.1) is 19.8 Å². The van der Waals surface area contributed by atoms with E-state index in [0.29, 0.717) is 19.8 Å². The first-order valence-corrected chi connectivity index (χ1v) is 6.39. The van der Waals surface area contributed by atoms with Gasteiger partial charge < -0.3 is 14.2 Å². The van der Waals surface area contributed by atoms with Crippen molar-refractivity contribution in [1.82, 2.24) is 0 Å². The zero-order valence-corrected chi connectivity index (χ0v) is 9.98. The van der Waals surface area contributed by atoms with Gasteiger partial charge in [0.2, 0.25) is 0 Å². The third-order valence-corrected chi connectivity index (χ3v) is 3.38. The number of hydrogen-bond acceptors (Lipinski definition) is 3. The fourth-order valence-electron chi connectivity index (χ4n) is 2.48. The van der Waals surface area contributed by atoms with Gasteiger partial charge in [-0.2, -0.15) is 0 Å². The molecule has 2 aliphatic rings. The van der Waals surface area contributed by atoms with Gasteiger partial charge in [-0.1, -0.05) is 6.07 Å². The van der Waals surface area contributed by atoms with Crippen LogP contribution >= 0.6 is 0 Å². The quantitative estimate of drug-likeness (QED) is 0.800. The van der Waals surface area contributed by atoms with Gasteiger partial charge >= 0.3 is 0 Å². The van der Waals surface area contributed by atoms with Gasteiger partial charge in [-0.15, -0.1) is 0 Å². The maximum atomic E-state index is 5.73. The number of ether oxygens (including phenoxy) is 3. The summed E-state index contributed by atoms with van der Waals surface area (Å²) in [5.41, 5.74) is 2.94. The van der Waals surface area contributed by atoms with E-state index < -0.39 is 0 Å². The highest BCUT2D eigenvalue weighted by atomic mass is 16.7. The summed E-state index contributed by atoms with van der Waals surface area (Å²) in [4.78, 5) is 0. The van der Waals surface area contributed by atoms with Crippen molar-refractivity contribution in [2.24, 2.45) is 0 Å². The minimum absolute atomic E-state index is 0.0653. The molecule has 0 N–H and O–H groups in total. The standard InChI is InChI=1S/C14H18O3/c1-2-11-4-5-13(10-12(11)3-1)15-7-6-14-16-8-9-17-14/h4-5,10,14H,1-3,6-9H2. The number of fused-ring (bicyclic) bond motifs is 1. The summed E-state index contributed by atoms with van der Waals surface area (Å²) in [6, 6.07) is 6.44. The third-order valence-electron chi connectivity index (χ3n) is 3.38. The number of aryl methyl sites for hydroxylation is 2. The van der Waals surface area contributed by atoms with Crippen molar-refractivity contribution in [2.45, 2.75) is 32.0 Å². The molecule has 1 aliphatic heterocycles. The summed E-state index contributed by atoms with van der Waals surface area (Å²) in [6.07, 6.45) is 4.44. The minimum Gasteiger partial charge on any atom is -0.493 e. The molecular weight excluding hydrogens is 216 g/mol. The van der Waals surface area contributed by atoms with E-state index in [1.807, 2.05) is 0 Å². The molecule has 3 rings (SSSR count). The first kappa shape index (κ1) is 11.1. The summed E-state index contributed by atoms with van der Waals surface area (Å²) in [5.74, 6) is 0.976. The molecule has 1 heterocycles. The molecule has 3 nitrogen and oxygen atoms in total. The fraction of sp³-hybridized carbons (Fsp3) is 0.571. The van der Waals surface area contributed by atoms with Crippen LogP contribution in [0.25, 0.3) is 0 Å². The Morgan fingerprint density at radius 1 is 1.12 bits per heavy atom. The number of hydrogen-bond donors (Lipinski definition) is 0.